The van der Waals surface area contributed by atoms with Crippen molar-refractivity contribution in [2.45, 2.75) is 31.6 Å². The summed E-state index contributed by atoms with van der Waals surface area (Å²) in [4.78, 5) is 7.71. The van der Waals surface area contributed by atoms with Crippen LogP contribution in [-0.4, -0.2) is 26.5 Å². The monoisotopic (exact) mass is 635 g/mol. The number of anilines is 1. The molecule has 0 radical (unpaired) electrons. The van der Waals surface area contributed by atoms with Gasteiger partial charge >= 0.3 is 18.7 Å². The van der Waals surface area contributed by atoms with E-state index >= 15 is 0 Å². The molecule has 194 valence electrons. The summed E-state index contributed by atoms with van der Waals surface area (Å²) >= 11 is -1.02. The molecule has 0 bridgehead atoms. The summed E-state index contributed by atoms with van der Waals surface area (Å²) in [6, 6.07) is 8.51. The average Bonchev–Trinajstić information content (AvgIpc) is 2.78. The van der Waals surface area contributed by atoms with Crippen LogP contribution in [0.15, 0.2) is 48.5 Å². The molecule has 0 saturated carbocycles. The molecule has 0 unspecified atom stereocenters. The van der Waals surface area contributed by atoms with Crippen LogP contribution in [0.3, 0.4) is 0 Å². The van der Waals surface area contributed by atoms with Crippen molar-refractivity contribution in [1.29, 1.82) is 0 Å². The first kappa shape index (κ1) is 27.7. The Balaban J connectivity index is 1.62. The lowest BCUT2D eigenvalue weighted by molar-refractivity contribution is -0.253. The fraction of sp³-hybridized carbons (Fsp3) is 0.227. The third kappa shape index (κ3) is 7.80. The molecule has 0 amide bonds. The maximum absolute atomic E-state index is 13.9. The van der Waals surface area contributed by atoms with Gasteiger partial charge in [0, 0.05) is 11.8 Å². The molecule has 0 fully saturated rings. The predicted octanol–water partition coefficient (Wildman–Crippen LogP) is 6.94. The predicted molar refractivity (Wildman–Crippen MR) is 122 cm³/mol. The third-order valence-corrected chi connectivity index (χ3v) is 6.29. The largest absolute Gasteiger partial charge is 0.461 e. The molecule has 2 aromatic carbocycles. The van der Waals surface area contributed by atoms with Crippen molar-refractivity contribution in [2.24, 2.45) is 0 Å². The fourth-order valence-electron chi connectivity index (χ4n) is 2.80. The van der Waals surface area contributed by atoms with Crippen LogP contribution in [0.2, 0.25) is 0 Å². The van der Waals surface area contributed by atoms with Gasteiger partial charge < -0.3 is 8.27 Å². The Morgan fingerprint density at radius 3 is 2.25 bits per heavy atom. The first-order valence-corrected chi connectivity index (χ1v) is 12.2. The Bertz CT molecular complexity index is 1220. The highest BCUT2D eigenvalue weighted by atomic mass is 127. The summed E-state index contributed by atoms with van der Waals surface area (Å²) in [5.74, 6) is -2.78. The number of nitrogens with zero attached hydrogens (tertiary/aromatic N) is 2. The number of hydrogen-bond acceptors (Lipinski definition) is 4. The van der Waals surface area contributed by atoms with E-state index in [1.165, 1.54) is 18.2 Å². The van der Waals surface area contributed by atoms with Crippen LogP contribution in [0, 0.1) is 11.8 Å². The second-order valence-electron chi connectivity index (χ2n) is 7.16. The van der Waals surface area contributed by atoms with E-state index in [1.54, 1.807) is 4.01 Å². The zero-order chi connectivity index (χ0) is 26.5. The van der Waals surface area contributed by atoms with Crippen molar-refractivity contribution in [3.63, 3.8) is 0 Å². The number of alkyl halides is 7. The summed E-state index contributed by atoms with van der Waals surface area (Å²) in [7, 11) is 0. The standard InChI is InChI=1S/C22H15F9IN3O/c23-17-8-4-12(9-16(17)21(27,28)29)1-5-14-10-18(24)34-20(33-14)35-32-11-13-2-6-15(7-3-13)36-22(30,31)19(25)26/h2-4,6-11,19H,1,5H2,(H,33,34,35). The van der Waals surface area contributed by atoms with E-state index in [2.05, 4.69) is 18.2 Å². The second kappa shape index (κ2) is 11.4. The first-order chi connectivity index (χ1) is 16.8. The molecule has 0 saturated heterocycles. The minimum atomic E-state index is -4.84. The van der Waals surface area contributed by atoms with Crippen LogP contribution < -0.4 is 8.27 Å². The third-order valence-electron chi connectivity index (χ3n) is 4.46. The van der Waals surface area contributed by atoms with Gasteiger partial charge in [-0.1, -0.05) is 18.2 Å². The number of nitrogens with one attached hydrogen (secondary N) is 1. The van der Waals surface area contributed by atoms with E-state index in [4.69, 9.17) is 0 Å². The summed E-state index contributed by atoms with van der Waals surface area (Å²) in [6.07, 6.45) is -13.3. The lowest BCUT2D eigenvalue weighted by atomic mass is 10.0. The number of benzene rings is 2. The highest BCUT2D eigenvalue weighted by molar-refractivity contribution is 14.2. The van der Waals surface area contributed by atoms with E-state index in [0.717, 1.165) is 24.3 Å². The van der Waals surface area contributed by atoms with Gasteiger partial charge in [-0.2, -0.15) is 40.1 Å². The van der Waals surface area contributed by atoms with Crippen LogP contribution in [0.25, 0.3) is 0 Å². The quantitative estimate of drug-likeness (QED) is 0.120. The molecule has 36 heavy (non-hydrogen) atoms. The van der Waals surface area contributed by atoms with E-state index < -0.39 is 62.8 Å². The van der Waals surface area contributed by atoms with Crippen LogP contribution in [0.1, 0.15) is 22.4 Å². The average molecular weight is 635 g/mol. The van der Waals surface area contributed by atoms with Crippen molar-refractivity contribution in [3.8, 4) is 5.75 Å². The van der Waals surface area contributed by atoms with Gasteiger partial charge in [-0.25, -0.2) is 9.37 Å². The molecule has 0 aliphatic carbocycles. The zero-order valence-electron chi connectivity index (χ0n) is 17.8. The molecular formula is C22H15F9IN3O. The van der Waals surface area contributed by atoms with Gasteiger partial charge in [0.05, 0.1) is 5.56 Å². The van der Waals surface area contributed by atoms with Crippen molar-refractivity contribution in [3.05, 3.63) is 82.7 Å². The minimum absolute atomic E-state index is 0.0411. The fourth-order valence-corrected chi connectivity index (χ4v) is 4.25. The van der Waals surface area contributed by atoms with Gasteiger partial charge in [0.15, 0.2) is 0 Å². The normalized spacial score (nSPS) is 12.6. The number of hydrogen-bond donors (Lipinski definition) is 1. The summed E-state index contributed by atoms with van der Waals surface area (Å²) in [5, 5.41) is 0. The number of rotatable bonds is 9. The van der Waals surface area contributed by atoms with Crippen molar-refractivity contribution in [1.82, 2.24) is 9.97 Å². The zero-order valence-corrected chi connectivity index (χ0v) is 19.9. The van der Waals surface area contributed by atoms with E-state index in [0.29, 0.717) is 11.6 Å². The van der Waals surface area contributed by atoms with Crippen LogP contribution in [0.4, 0.5) is 45.5 Å². The first-order valence-electron chi connectivity index (χ1n) is 9.89. The molecule has 4 nitrogen and oxygen atoms in total. The van der Waals surface area contributed by atoms with Gasteiger partial charge in [-0.15, -0.1) is 0 Å². The van der Waals surface area contributed by atoms with E-state index in [-0.39, 0.29) is 30.0 Å². The highest BCUT2D eigenvalue weighted by Gasteiger charge is 2.43. The number of aromatic nitrogens is 2. The topological polar surface area (TPSA) is 47.0 Å². The number of halogens is 10. The highest BCUT2D eigenvalue weighted by Crippen LogP contribution is 2.32. The molecule has 0 atom stereocenters. The Hall–Kier alpha value is -2.91. The molecule has 1 N–H and O–H groups in total. The Kier molecular flexibility index (Phi) is 8.79. The van der Waals surface area contributed by atoms with Crippen molar-refractivity contribution < 1.29 is 44.3 Å². The molecule has 3 rings (SSSR count). The Labute approximate surface area is 208 Å². The van der Waals surface area contributed by atoms with Gasteiger partial charge in [-0.05, 0) is 73.3 Å². The van der Waals surface area contributed by atoms with Crippen LogP contribution >= 0.6 is 21.0 Å². The van der Waals surface area contributed by atoms with E-state index in [1.807, 2.05) is 0 Å². The molecular weight excluding hydrogens is 620 g/mol. The van der Waals surface area contributed by atoms with Crippen LogP contribution in [0.5, 0.6) is 5.75 Å². The molecule has 1 heterocycles. The van der Waals surface area contributed by atoms with Crippen molar-refractivity contribution in [2.75, 3.05) is 3.53 Å². The maximum atomic E-state index is 13.9. The number of aryl methyl sites for hydroxylation is 2. The van der Waals surface area contributed by atoms with Gasteiger partial charge in [0.2, 0.25) is 11.9 Å². The smallest absolute Gasteiger partial charge is 0.428 e. The number of ether oxygens (including phenoxy) is 1. The SMILES string of the molecule is Fc1cc(CCc2ccc(F)c(C(F)(F)F)c2)nc(NI=Cc2ccc(OC(F)(F)C(F)F)cc2)n1. The summed E-state index contributed by atoms with van der Waals surface area (Å²) in [5.41, 5.74) is -0.458. The second-order valence-corrected chi connectivity index (χ2v) is 8.95. The van der Waals surface area contributed by atoms with Gasteiger partial charge in [0.1, 0.15) is 11.6 Å². The minimum Gasteiger partial charge on any atom is -0.428 e. The van der Waals surface area contributed by atoms with Crippen LogP contribution in [-0.2, 0) is 19.0 Å². The molecule has 3 aromatic rings. The van der Waals surface area contributed by atoms with Gasteiger partial charge in [0.25, 0.3) is 0 Å². The van der Waals surface area contributed by atoms with Gasteiger partial charge in [-0.3, -0.25) is 0 Å². The van der Waals surface area contributed by atoms with Crippen molar-refractivity contribution >= 4 is 31.0 Å². The molecule has 0 aliphatic rings. The summed E-state index contributed by atoms with van der Waals surface area (Å²) < 4.78 is 125. The molecule has 0 spiro atoms. The molecule has 1 aromatic heterocycles. The van der Waals surface area contributed by atoms with E-state index in [9.17, 15) is 39.5 Å². The molecule has 0 aliphatic heterocycles. The Morgan fingerprint density at radius 2 is 1.61 bits per heavy atom. The lowest BCUT2D eigenvalue weighted by Crippen LogP contribution is -2.33. The summed E-state index contributed by atoms with van der Waals surface area (Å²) in [6.45, 7) is 0. The lowest BCUT2D eigenvalue weighted by Gasteiger charge is -2.16. The molecule has 14 heteroatoms. The Morgan fingerprint density at radius 1 is 0.917 bits per heavy atom. The maximum Gasteiger partial charge on any atom is 0.461 e.